The van der Waals surface area contributed by atoms with Crippen LogP contribution >= 0.6 is 23.2 Å². The molecule has 1 aliphatic carbocycles. The lowest BCUT2D eigenvalue weighted by molar-refractivity contribution is -0.140. The maximum atomic E-state index is 14.3. The lowest BCUT2D eigenvalue weighted by Crippen LogP contribution is -2.50. The van der Waals surface area contributed by atoms with E-state index in [1.807, 2.05) is 12.1 Å². The third-order valence-corrected chi connectivity index (χ3v) is 6.53. The summed E-state index contributed by atoms with van der Waals surface area (Å²) < 4.78 is 14.3. The Labute approximate surface area is 192 Å². The van der Waals surface area contributed by atoms with Crippen molar-refractivity contribution in [2.75, 3.05) is 0 Å². The molecule has 166 valence electrons. The van der Waals surface area contributed by atoms with Gasteiger partial charge in [0, 0.05) is 28.2 Å². The number of rotatable bonds is 7. The van der Waals surface area contributed by atoms with Crippen molar-refractivity contribution in [1.29, 1.82) is 0 Å². The molecule has 0 saturated heterocycles. The Bertz CT molecular complexity index is 911. The first-order chi connectivity index (χ1) is 14.9. The second kappa shape index (κ2) is 11.0. The largest absolute Gasteiger partial charge is 0.352 e. The summed E-state index contributed by atoms with van der Waals surface area (Å²) >= 11 is 12.4. The highest BCUT2D eigenvalue weighted by Gasteiger charge is 2.29. The van der Waals surface area contributed by atoms with E-state index < -0.39 is 17.8 Å². The number of hydrogen-bond donors (Lipinski definition) is 1. The fourth-order valence-corrected chi connectivity index (χ4v) is 4.34. The first kappa shape index (κ1) is 23.6. The molecular weight excluding hydrogens is 438 g/mol. The number of hydrogen-bond acceptors (Lipinski definition) is 2. The lowest BCUT2D eigenvalue weighted by Gasteiger charge is -2.31. The normalized spacial score (nSPS) is 15.4. The van der Waals surface area contributed by atoms with E-state index in [0.29, 0.717) is 5.02 Å². The van der Waals surface area contributed by atoms with Gasteiger partial charge in [0.05, 0.1) is 6.42 Å². The molecule has 4 nitrogen and oxygen atoms in total. The molecule has 0 spiro atoms. The van der Waals surface area contributed by atoms with Crippen LogP contribution in [-0.2, 0) is 22.6 Å². The monoisotopic (exact) mass is 464 g/mol. The molecule has 7 heteroatoms. The zero-order chi connectivity index (χ0) is 22.4. The molecule has 3 rings (SSSR count). The van der Waals surface area contributed by atoms with E-state index in [1.54, 1.807) is 25.1 Å². The van der Waals surface area contributed by atoms with Gasteiger partial charge < -0.3 is 10.2 Å². The van der Waals surface area contributed by atoms with E-state index in [4.69, 9.17) is 23.2 Å². The Morgan fingerprint density at radius 1 is 1.06 bits per heavy atom. The number of amides is 2. The number of nitrogens with one attached hydrogen (secondary N) is 1. The van der Waals surface area contributed by atoms with Gasteiger partial charge >= 0.3 is 0 Å². The predicted molar refractivity (Wildman–Crippen MR) is 122 cm³/mol. The maximum absolute atomic E-state index is 14.3. The molecule has 1 N–H and O–H groups in total. The van der Waals surface area contributed by atoms with E-state index in [9.17, 15) is 14.0 Å². The van der Waals surface area contributed by atoms with Gasteiger partial charge in [-0.1, -0.05) is 66.7 Å². The minimum Gasteiger partial charge on any atom is -0.352 e. The van der Waals surface area contributed by atoms with Crippen molar-refractivity contribution in [3.05, 3.63) is 69.5 Å². The molecule has 2 aromatic carbocycles. The average molecular weight is 465 g/mol. The first-order valence-electron chi connectivity index (χ1n) is 10.6. The molecule has 1 atom stereocenters. The highest BCUT2D eigenvalue weighted by molar-refractivity contribution is 6.31. The van der Waals surface area contributed by atoms with Gasteiger partial charge in [-0.3, -0.25) is 9.59 Å². The molecule has 0 aliphatic heterocycles. The van der Waals surface area contributed by atoms with E-state index in [-0.39, 0.29) is 35.5 Å². The Morgan fingerprint density at radius 3 is 2.42 bits per heavy atom. The van der Waals surface area contributed by atoms with Crippen LogP contribution in [0.3, 0.4) is 0 Å². The molecule has 31 heavy (non-hydrogen) atoms. The number of carbonyl (C=O) groups is 2. The first-order valence-corrected chi connectivity index (χ1v) is 11.4. The topological polar surface area (TPSA) is 49.4 Å². The summed E-state index contributed by atoms with van der Waals surface area (Å²) in [4.78, 5) is 27.7. The number of carbonyl (C=O) groups excluding carboxylic acids is 2. The third-order valence-electron chi connectivity index (χ3n) is 5.81. The lowest BCUT2D eigenvalue weighted by atomic mass is 9.95. The van der Waals surface area contributed by atoms with Gasteiger partial charge in [-0.05, 0) is 43.5 Å². The fraction of sp³-hybridized carbons (Fsp3) is 0.417. The van der Waals surface area contributed by atoms with Crippen LogP contribution in [0.2, 0.25) is 10.0 Å². The highest BCUT2D eigenvalue weighted by atomic mass is 35.5. The summed E-state index contributed by atoms with van der Waals surface area (Å²) in [5.41, 5.74) is 0.840. The molecule has 0 aromatic heterocycles. The van der Waals surface area contributed by atoms with Crippen LogP contribution < -0.4 is 5.32 Å². The minimum atomic E-state index is -0.740. The van der Waals surface area contributed by atoms with Crippen LogP contribution in [0.15, 0.2) is 42.5 Å². The van der Waals surface area contributed by atoms with Crippen LogP contribution in [0, 0.1) is 5.82 Å². The van der Waals surface area contributed by atoms with Gasteiger partial charge in [0.15, 0.2) is 0 Å². The number of halogens is 3. The number of nitrogens with zero attached hydrogens (tertiary/aromatic N) is 1. The van der Waals surface area contributed by atoms with E-state index in [0.717, 1.165) is 31.2 Å². The van der Waals surface area contributed by atoms with Crippen LogP contribution in [0.25, 0.3) is 0 Å². The van der Waals surface area contributed by atoms with Crippen molar-refractivity contribution in [3.8, 4) is 0 Å². The van der Waals surface area contributed by atoms with E-state index >= 15 is 0 Å². The standard InChI is InChI=1S/C24H27Cl2FN2O2/c1-16(24(31)28-18-9-3-2-4-10-18)29(15-17-8-5-6-11-20(17)25)23(30)14-19-21(26)12-7-13-22(19)27/h5-8,11-13,16,18H,2-4,9-10,14-15H2,1H3,(H,28,31)/t16-/m1/s1. The Hall–Kier alpha value is -2.11. The van der Waals surface area contributed by atoms with Gasteiger partial charge in [0.25, 0.3) is 0 Å². The van der Waals surface area contributed by atoms with Crippen molar-refractivity contribution in [3.63, 3.8) is 0 Å². The van der Waals surface area contributed by atoms with E-state index in [1.165, 1.54) is 23.5 Å². The minimum absolute atomic E-state index is 0.123. The summed E-state index contributed by atoms with van der Waals surface area (Å²) in [5.74, 6) is -1.15. The van der Waals surface area contributed by atoms with Crippen molar-refractivity contribution in [2.45, 2.75) is 64.1 Å². The molecular formula is C24H27Cl2FN2O2. The van der Waals surface area contributed by atoms with Crippen molar-refractivity contribution < 1.29 is 14.0 Å². The van der Waals surface area contributed by atoms with Crippen LogP contribution in [0.5, 0.6) is 0 Å². The molecule has 2 aromatic rings. The molecule has 0 heterocycles. The summed E-state index contributed by atoms with van der Waals surface area (Å²) in [5, 5.41) is 3.76. The second-order valence-electron chi connectivity index (χ2n) is 8.01. The fourth-order valence-electron chi connectivity index (χ4n) is 3.92. The summed E-state index contributed by atoms with van der Waals surface area (Å²) in [6.07, 6.45) is 5.02. The van der Waals surface area contributed by atoms with E-state index in [2.05, 4.69) is 5.32 Å². The second-order valence-corrected chi connectivity index (χ2v) is 8.82. The zero-order valence-electron chi connectivity index (χ0n) is 17.5. The van der Waals surface area contributed by atoms with Crippen LogP contribution in [-0.4, -0.2) is 28.8 Å². The SMILES string of the molecule is C[C@H](C(=O)NC1CCCCC1)N(Cc1ccccc1Cl)C(=O)Cc1c(F)cccc1Cl. The molecule has 1 aliphatic rings. The number of benzene rings is 2. The Balaban J connectivity index is 1.82. The smallest absolute Gasteiger partial charge is 0.242 e. The van der Waals surface area contributed by atoms with Gasteiger partial charge in [-0.15, -0.1) is 0 Å². The molecule has 1 saturated carbocycles. The maximum Gasteiger partial charge on any atom is 0.242 e. The van der Waals surface area contributed by atoms with Crippen molar-refractivity contribution in [2.24, 2.45) is 0 Å². The Morgan fingerprint density at radius 2 is 1.74 bits per heavy atom. The molecule has 1 fully saturated rings. The van der Waals surface area contributed by atoms with Crippen molar-refractivity contribution >= 4 is 35.0 Å². The van der Waals surface area contributed by atoms with Crippen LogP contribution in [0.4, 0.5) is 4.39 Å². The Kier molecular flexibility index (Phi) is 8.33. The quantitative estimate of drug-likeness (QED) is 0.584. The molecule has 0 bridgehead atoms. The summed E-state index contributed by atoms with van der Waals surface area (Å²) in [6, 6.07) is 10.9. The van der Waals surface area contributed by atoms with Gasteiger partial charge in [-0.2, -0.15) is 0 Å². The van der Waals surface area contributed by atoms with Crippen LogP contribution in [0.1, 0.15) is 50.2 Å². The molecule has 0 radical (unpaired) electrons. The third kappa shape index (κ3) is 6.20. The zero-order valence-corrected chi connectivity index (χ0v) is 19.1. The van der Waals surface area contributed by atoms with Gasteiger partial charge in [0.2, 0.25) is 11.8 Å². The predicted octanol–water partition coefficient (Wildman–Crippen LogP) is 5.54. The highest BCUT2D eigenvalue weighted by Crippen LogP contribution is 2.24. The summed E-state index contributed by atoms with van der Waals surface area (Å²) in [6.45, 7) is 1.83. The summed E-state index contributed by atoms with van der Waals surface area (Å²) in [7, 11) is 0. The molecule has 0 unspecified atom stereocenters. The van der Waals surface area contributed by atoms with Gasteiger partial charge in [-0.25, -0.2) is 4.39 Å². The van der Waals surface area contributed by atoms with Gasteiger partial charge in [0.1, 0.15) is 11.9 Å². The van der Waals surface area contributed by atoms with Crippen molar-refractivity contribution in [1.82, 2.24) is 10.2 Å². The average Bonchev–Trinajstić information content (AvgIpc) is 2.76. The molecule has 2 amide bonds.